The van der Waals surface area contributed by atoms with Crippen LogP contribution in [-0.4, -0.2) is 17.4 Å². The molecule has 66 valence electrons. The molecule has 0 saturated heterocycles. The molecule has 0 aliphatic rings. The van der Waals surface area contributed by atoms with Crippen LogP contribution < -0.4 is 5.32 Å². The summed E-state index contributed by atoms with van der Waals surface area (Å²) in [7, 11) is 0. The van der Waals surface area contributed by atoms with Crippen molar-refractivity contribution >= 4 is 21.8 Å². The van der Waals surface area contributed by atoms with Crippen LogP contribution in [0.3, 0.4) is 0 Å². The van der Waals surface area contributed by atoms with Crippen LogP contribution in [0.15, 0.2) is 22.9 Å². The third-order valence-electron chi connectivity index (χ3n) is 1.35. The molecule has 0 bridgehead atoms. The summed E-state index contributed by atoms with van der Waals surface area (Å²) < 4.78 is 0.616. The fourth-order valence-corrected chi connectivity index (χ4v) is 1.20. The summed E-state index contributed by atoms with van der Waals surface area (Å²) in [4.78, 5) is 15.1. The third kappa shape index (κ3) is 2.53. The smallest absolute Gasteiger partial charge is 0.253 e. The zero-order valence-corrected chi connectivity index (χ0v) is 8.21. The van der Waals surface area contributed by atoms with Crippen LogP contribution in [0.1, 0.15) is 10.4 Å². The van der Waals surface area contributed by atoms with Crippen molar-refractivity contribution in [3.05, 3.63) is 28.5 Å². The second kappa shape index (κ2) is 4.58. The van der Waals surface area contributed by atoms with E-state index in [9.17, 15) is 4.79 Å². The van der Waals surface area contributed by atoms with Crippen LogP contribution in [0, 0.1) is 11.3 Å². The fourth-order valence-electron chi connectivity index (χ4n) is 0.774. The highest BCUT2D eigenvalue weighted by molar-refractivity contribution is 9.10. The van der Waals surface area contributed by atoms with Gasteiger partial charge < -0.3 is 5.32 Å². The first-order valence-electron chi connectivity index (χ1n) is 3.50. The maximum absolute atomic E-state index is 11.3. The SMILES string of the molecule is N#CCNC(=O)c1ccncc1Br. The van der Waals surface area contributed by atoms with E-state index in [1.807, 2.05) is 6.07 Å². The Labute approximate surface area is 83.7 Å². The highest BCUT2D eigenvalue weighted by Crippen LogP contribution is 2.13. The Morgan fingerprint density at radius 2 is 2.54 bits per heavy atom. The minimum atomic E-state index is -0.282. The van der Waals surface area contributed by atoms with Crippen molar-refractivity contribution in [1.29, 1.82) is 5.26 Å². The first kappa shape index (κ1) is 9.68. The van der Waals surface area contributed by atoms with Crippen LogP contribution in [0.4, 0.5) is 0 Å². The van der Waals surface area contributed by atoms with Gasteiger partial charge in [0.25, 0.3) is 5.91 Å². The maximum Gasteiger partial charge on any atom is 0.253 e. The van der Waals surface area contributed by atoms with Gasteiger partial charge in [0.1, 0.15) is 6.54 Å². The highest BCUT2D eigenvalue weighted by Gasteiger charge is 2.07. The van der Waals surface area contributed by atoms with Crippen LogP contribution in [0.5, 0.6) is 0 Å². The van der Waals surface area contributed by atoms with E-state index >= 15 is 0 Å². The molecule has 1 amide bonds. The van der Waals surface area contributed by atoms with Crippen LogP contribution in [0.25, 0.3) is 0 Å². The number of nitrogens with zero attached hydrogens (tertiary/aromatic N) is 2. The molecular weight excluding hydrogens is 234 g/mol. The molecule has 0 atom stereocenters. The van der Waals surface area contributed by atoms with Gasteiger partial charge in [-0.3, -0.25) is 9.78 Å². The minimum Gasteiger partial charge on any atom is -0.339 e. The molecule has 0 saturated carbocycles. The van der Waals surface area contributed by atoms with Gasteiger partial charge in [-0.1, -0.05) is 0 Å². The van der Waals surface area contributed by atoms with Gasteiger partial charge in [0.05, 0.1) is 11.6 Å². The Bertz CT molecular complexity index is 359. The van der Waals surface area contributed by atoms with Crippen LogP contribution in [0.2, 0.25) is 0 Å². The molecule has 0 aliphatic heterocycles. The monoisotopic (exact) mass is 239 g/mol. The van der Waals surface area contributed by atoms with E-state index in [4.69, 9.17) is 5.26 Å². The summed E-state index contributed by atoms with van der Waals surface area (Å²) in [5, 5.41) is 10.7. The molecule has 0 fully saturated rings. The van der Waals surface area contributed by atoms with Gasteiger partial charge in [-0.25, -0.2) is 0 Å². The summed E-state index contributed by atoms with van der Waals surface area (Å²) in [6.07, 6.45) is 3.05. The molecule has 1 aromatic rings. The number of hydrogen-bond acceptors (Lipinski definition) is 3. The van der Waals surface area contributed by atoms with E-state index in [1.54, 1.807) is 6.07 Å². The predicted molar refractivity (Wildman–Crippen MR) is 49.9 cm³/mol. The normalized spacial score (nSPS) is 8.92. The van der Waals surface area contributed by atoms with Crippen LogP contribution >= 0.6 is 15.9 Å². The van der Waals surface area contributed by atoms with Gasteiger partial charge in [0.15, 0.2) is 0 Å². The lowest BCUT2D eigenvalue weighted by Gasteiger charge is -2.01. The summed E-state index contributed by atoms with van der Waals surface area (Å²) >= 11 is 3.18. The summed E-state index contributed by atoms with van der Waals surface area (Å²) in [5.41, 5.74) is 0.477. The zero-order chi connectivity index (χ0) is 9.68. The lowest BCUT2D eigenvalue weighted by molar-refractivity contribution is 0.0957. The van der Waals surface area contributed by atoms with Crippen LogP contribution in [-0.2, 0) is 0 Å². The molecule has 1 aromatic heterocycles. The van der Waals surface area contributed by atoms with Gasteiger partial charge in [0, 0.05) is 16.9 Å². The van der Waals surface area contributed by atoms with E-state index in [1.165, 1.54) is 12.4 Å². The van der Waals surface area contributed by atoms with E-state index in [-0.39, 0.29) is 12.5 Å². The summed E-state index contributed by atoms with van der Waals surface area (Å²) in [5.74, 6) is -0.282. The number of hydrogen-bond donors (Lipinski definition) is 1. The third-order valence-corrected chi connectivity index (χ3v) is 1.98. The average Bonchev–Trinajstić information content (AvgIpc) is 2.15. The second-order valence-corrected chi connectivity index (χ2v) is 3.05. The van der Waals surface area contributed by atoms with Gasteiger partial charge >= 0.3 is 0 Å². The molecule has 0 radical (unpaired) electrons. The van der Waals surface area contributed by atoms with Gasteiger partial charge in [0.2, 0.25) is 0 Å². The Balaban J connectivity index is 2.78. The lowest BCUT2D eigenvalue weighted by atomic mass is 10.2. The van der Waals surface area contributed by atoms with Gasteiger partial charge in [-0.2, -0.15) is 5.26 Å². The highest BCUT2D eigenvalue weighted by atomic mass is 79.9. The standard InChI is InChI=1S/C8H6BrN3O/c9-7-5-11-3-1-6(7)8(13)12-4-2-10/h1,3,5H,4H2,(H,12,13). The largest absolute Gasteiger partial charge is 0.339 e. The van der Waals surface area contributed by atoms with Crippen molar-refractivity contribution in [2.75, 3.05) is 6.54 Å². The number of aromatic nitrogens is 1. The molecule has 13 heavy (non-hydrogen) atoms. The van der Waals surface area contributed by atoms with Crippen molar-refractivity contribution < 1.29 is 4.79 Å². The quantitative estimate of drug-likeness (QED) is 0.787. The first-order chi connectivity index (χ1) is 6.25. The number of carbonyl (C=O) groups is 1. The first-order valence-corrected chi connectivity index (χ1v) is 4.29. The number of rotatable bonds is 2. The predicted octanol–water partition coefficient (Wildman–Crippen LogP) is 1.10. The Hall–Kier alpha value is -1.41. The van der Waals surface area contributed by atoms with E-state index in [0.29, 0.717) is 10.0 Å². The summed E-state index contributed by atoms with van der Waals surface area (Å²) in [6.45, 7) is 0.00754. The number of nitriles is 1. The molecule has 1 rings (SSSR count). The second-order valence-electron chi connectivity index (χ2n) is 2.20. The topological polar surface area (TPSA) is 65.8 Å². The Morgan fingerprint density at radius 1 is 1.77 bits per heavy atom. The van der Waals surface area contributed by atoms with E-state index < -0.39 is 0 Å². The van der Waals surface area contributed by atoms with Gasteiger partial charge in [-0.05, 0) is 22.0 Å². The van der Waals surface area contributed by atoms with E-state index in [2.05, 4.69) is 26.2 Å². The molecular formula is C8H6BrN3O. The Morgan fingerprint density at radius 3 is 3.15 bits per heavy atom. The number of nitrogens with one attached hydrogen (secondary N) is 1. The molecule has 0 aromatic carbocycles. The summed E-state index contributed by atoms with van der Waals surface area (Å²) in [6, 6.07) is 3.41. The van der Waals surface area contributed by atoms with Crippen molar-refractivity contribution in [2.45, 2.75) is 0 Å². The average molecular weight is 240 g/mol. The molecule has 0 aliphatic carbocycles. The maximum atomic E-state index is 11.3. The van der Waals surface area contributed by atoms with E-state index in [0.717, 1.165) is 0 Å². The minimum absolute atomic E-state index is 0.00754. The number of carbonyl (C=O) groups excluding carboxylic acids is 1. The van der Waals surface area contributed by atoms with Crippen molar-refractivity contribution in [1.82, 2.24) is 10.3 Å². The number of pyridine rings is 1. The molecule has 0 spiro atoms. The van der Waals surface area contributed by atoms with Gasteiger partial charge in [-0.15, -0.1) is 0 Å². The zero-order valence-electron chi connectivity index (χ0n) is 6.62. The lowest BCUT2D eigenvalue weighted by Crippen LogP contribution is -2.23. The van der Waals surface area contributed by atoms with Crippen molar-refractivity contribution in [3.63, 3.8) is 0 Å². The molecule has 1 heterocycles. The molecule has 1 N–H and O–H groups in total. The van der Waals surface area contributed by atoms with Crippen molar-refractivity contribution in [2.24, 2.45) is 0 Å². The number of amides is 1. The van der Waals surface area contributed by atoms with Crippen molar-refractivity contribution in [3.8, 4) is 6.07 Å². The molecule has 0 unspecified atom stereocenters. The Kier molecular flexibility index (Phi) is 3.41. The molecule has 5 heteroatoms. The molecule has 4 nitrogen and oxygen atoms in total. The number of halogens is 1. The fraction of sp³-hybridized carbons (Fsp3) is 0.125.